The number of hydrogen-bond donors (Lipinski definition) is 0. The van der Waals surface area contributed by atoms with Gasteiger partial charge in [-0.05, 0) is 26.3 Å². The largest absolute Gasteiger partial charge is 0.425 e. The number of carbonyl (C=O) groups is 3. The number of fused-ring (bicyclic) bond motifs is 3. The summed E-state index contributed by atoms with van der Waals surface area (Å²) in [5.41, 5.74) is -0.163. The summed E-state index contributed by atoms with van der Waals surface area (Å²) in [5.74, 6) is -1.08. The Labute approximate surface area is 152 Å². The fourth-order valence-corrected chi connectivity index (χ4v) is 4.90. The van der Waals surface area contributed by atoms with Crippen molar-refractivity contribution >= 4 is 17.5 Å². The molecule has 0 bridgehead atoms. The topological polar surface area (TPSA) is 60.4 Å². The van der Waals surface area contributed by atoms with Gasteiger partial charge in [-0.15, -0.1) is 0 Å². The molecule has 1 saturated carbocycles. The summed E-state index contributed by atoms with van der Waals surface area (Å²) < 4.78 is 5.50. The Hall–Kier alpha value is -2.75. The number of rotatable bonds is 4. The van der Waals surface area contributed by atoms with Gasteiger partial charge in [0, 0.05) is 17.0 Å². The molecule has 2 aromatic carbocycles. The molecule has 4 rings (SSSR count). The maximum atomic E-state index is 13.5. The van der Waals surface area contributed by atoms with E-state index in [9.17, 15) is 14.4 Å². The molecule has 4 heteroatoms. The van der Waals surface area contributed by atoms with Gasteiger partial charge in [0.05, 0.1) is 5.41 Å². The SMILES string of the molecule is CC[C@@]1(C(=O)c2ccc(C)cc2)[C@H]2c3ccccc3OC(=O)[C@@]21C(C)=O. The number of benzene rings is 2. The molecule has 1 aliphatic heterocycles. The van der Waals surface area contributed by atoms with Crippen LogP contribution in [0.3, 0.4) is 0 Å². The normalized spacial score (nSPS) is 28.6. The van der Waals surface area contributed by atoms with E-state index in [1.807, 2.05) is 38.1 Å². The van der Waals surface area contributed by atoms with Gasteiger partial charge in [-0.1, -0.05) is 55.0 Å². The lowest BCUT2D eigenvalue weighted by Crippen LogP contribution is -2.38. The molecule has 2 aliphatic rings. The lowest BCUT2D eigenvalue weighted by atomic mass is 9.81. The maximum absolute atomic E-state index is 13.5. The van der Waals surface area contributed by atoms with Crippen LogP contribution in [-0.2, 0) is 9.59 Å². The number of ether oxygens (including phenoxy) is 1. The number of esters is 1. The van der Waals surface area contributed by atoms with Crippen LogP contribution in [0, 0.1) is 17.8 Å². The summed E-state index contributed by atoms with van der Waals surface area (Å²) in [4.78, 5) is 39.2. The van der Waals surface area contributed by atoms with Crippen molar-refractivity contribution < 1.29 is 19.1 Å². The molecule has 0 spiro atoms. The Morgan fingerprint density at radius 2 is 1.73 bits per heavy atom. The second-order valence-corrected chi connectivity index (χ2v) is 7.24. The minimum atomic E-state index is -1.42. The molecule has 0 N–H and O–H groups in total. The number of carbonyl (C=O) groups excluding carboxylic acids is 3. The molecule has 1 heterocycles. The van der Waals surface area contributed by atoms with Crippen molar-refractivity contribution in [2.24, 2.45) is 10.8 Å². The third-order valence-electron chi connectivity index (χ3n) is 6.13. The molecule has 3 atom stereocenters. The van der Waals surface area contributed by atoms with E-state index in [0.29, 0.717) is 17.7 Å². The Balaban J connectivity index is 1.93. The van der Waals surface area contributed by atoms with Crippen LogP contribution in [-0.4, -0.2) is 17.5 Å². The Morgan fingerprint density at radius 1 is 1.08 bits per heavy atom. The second kappa shape index (κ2) is 5.37. The number of aryl methyl sites for hydroxylation is 1. The first-order valence-corrected chi connectivity index (χ1v) is 8.85. The highest BCUT2D eigenvalue weighted by Crippen LogP contribution is 2.80. The van der Waals surface area contributed by atoms with Crippen LogP contribution >= 0.6 is 0 Å². The predicted octanol–water partition coefficient (Wildman–Crippen LogP) is 3.87. The van der Waals surface area contributed by atoms with Gasteiger partial charge in [0.15, 0.2) is 5.78 Å². The second-order valence-electron chi connectivity index (χ2n) is 7.24. The van der Waals surface area contributed by atoms with Crippen molar-refractivity contribution in [2.75, 3.05) is 0 Å². The summed E-state index contributed by atoms with van der Waals surface area (Å²) in [5, 5.41) is 0. The summed E-state index contributed by atoms with van der Waals surface area (Å²) in [6.07, 6.45) is 0.396. The van der Waals surface area contributed by atoms with Crippen LogP contribution in [0.5, 0.6) is 5.75 Å². The Bertz CT molecular complexity index is 943. The average Bonchev–Trinajstić information content (AvgIpc) is 3.29. The number of hydrogen-bond acceptors (Lipinski definition) is 4. The van der Waals surface area contributed by atoms with Gasteiger partial charge in [0.25, 0.3) is 0 Å². The van der Waals surface area contributed by atoms with Crippen molar-refractivity contribution in [1.29, 1.82) is 0 Å². The first kappa shape index (κ1) is 16.7. The molecular formula is C22H20O4. The van der Waals surface area contributed by atoms with E-state index in [4.69, 9.17) is 4.74 Å². The van der Waals surface area contributed by atoms with E-state index < -0.39 is 22.7 Å². The van der Waals surface area contributed by atoms with Gasteiger partial charge in [-0.2, -0.15) is 0 Å². The molecule has 0 unspecified atom stereocenters. The predicted molar refractivity (Wildman–Crippen MR) is 96.2 cm³/mol. The molecule has 0 saturated heterocycles. The average molecular weight is 348 g/mol. The fraction of sp³-hybridized carbons (Fsp3) is 0.318. The summed E-state index contributed by atoms with van der Waals surface area (Å²) >= 11 is 0. The molecule has 0 aromatic heterocycles. The van der Waals surface area contributed by atoms with Gasteiger partial charge >= 0.3 is 5.97 Å². The van der Waals surface area contributed by atoms with Crippen LogP contribution < -0.4 is 4.74 Å². The smallest absolute Gasteiger partial charge is 0.326 e. The minimum Gasteiger partial charge on any atom is -0.425 e. The van der Waals surface area contributed by atoms with E-state index in [0.717, 1.165) is 11.1 Å². The fourth-order valence-electron chi connectivity index (χ4n) is 4.90. The third kappa shape index (κ3) is 1.77. The lowest BCUT2D eigenvalue weighted by molar-refractivity contribution is -0.148. The zero-order valence-corrected chi connectivity index (χ0v) is 15.0. The van der Waals surface area contributed by atoms with Crippen LogP contribution in [0.4, 0.5) is 0 Å². The Kier molecular flexibility index (Phi) is 3.45. The number of Topliss-reactive ketones (excluding diaryl/α,β-unsaturated/α-hetero) is 2. The van der Waals surface area contributed by atoms with Crippen molar-refractivity contribution in [3.63, 3.8) is 0 Å². The van der Waals surface area contributed by atoms with Crippen molar-refractivity contribution in [1.82, 2.24) is 0 Å². The van der Waals surface area contributed by atoms with E-state index in [1.54, 1.807) is 24.3 Å². The molecule has 132 valence electrons. The summed E-state index contributed by atoms with van der Waals surface area (Å²) in [6, 6.07) is 14.5. The molecule has 0 radical (unpaired) electrons. The zero-order chi connectivity index (χ0) is 18.7. The highest BCUT2D eigenvalue weighted by Gasteiger charge is 2.87. The lowest BCUT2D eigenvalue weighted by Gasteiger charge is -2.22. The Morgan fingerprint density at radius 3 is 2.35 bits per heavy atom. The number of ketones is 2. The van der Waals surface area contributed by atoms with E-state index >= 15 is 0 Å². The van der Waals surface area contributed by atoms with E-state index in [-0.39, 0.29) is 11.6 Å². The van der Waals surface area contributed by atoms with Crippen molar-refractivity contribution in [3.05, 3.63) is 65.2 Å². The van der Waals surface area contributed by atoms with E-state index in [2.05, 4.69) is 0 Å². The standard InChI is InChI=1S/C22H20O4/c1-4-21(19(24)15-11-9-13(2)10-12-15)18-16-7-5-6-8-17(16)26-20(25)22(18,21)14(3)23/h5-12,18H,4H2,1-3H3/t18-,21+,22-/m1/s1. The molecule has 2 aromatic rings. The van der Waals surface area contributed by atoms with Gasteiger partial charge < -0.3 is 4.74 Å². The molecule has 1 aliphatic carbocycles. The molecule has 26 heavy (non-hydrogen) atoms. The van der Waals surface area contributed by atoms with Crippen LogP contribution in [0.1, 0.15) is 47.7 Å². The third-order valence-corrected chi connectivity index (χ3v) is 6.13. The van der Waals surface area contributed by atoms with Gasteiger partial charge in [0.1, 0.15) is 16.9 Å². The minimum absolute atomic E-state index is 0.158. The first-order chi connectivity index (χ1) is 12.4. The molecule has 0 amide bonds. The highest BCUT2D eigenvalue weighted by molar-refractivity contribution is 6.21. The van der Waals surface area contributed by atoms with Gasteiger partial charge in [0.2, 0.25) is 0 Å². The summed E-state index contributed by atoms with van der Waals surface area (Å²) in [6.45, 7) is 5.21. The summed E-state index contributed by atoms with van der Waals surface area (Å²) in [7, 11) is 0. The molecule has 1 fully saturated rings. The zero-order valence-electron chi connectivity index (χ0n) is 15.0. The quantitative estimate of drug-likeness (QED) is 0.364. The van der Waals surface area contributed by atoms with Gasteiger partial charge in [-0.3, -0.25) is 14.4 Å². The highest BCUT2D eigenvalue weighted by atomic mass is 16.5. The van der Waals surface area contributed by atoms with E-state index in [1.165, 1.54) is 6.92 Å². The van der Waals surface area contributed by atoms with Crippen LogP contribution in [0.15, 0.2) is 48.5 Å². The molecule has 4 nitrogen and oxygen atoms in total. The van der Waals surface area contributed by atoms with Crippen LogP contribution in [0.25, 0.3) is 0 Å². The van der Waals surface area contributed by atoms with Crippen molar-refractivity contribution in [2.45, 2.75) is 33.1 Å². The van der Waals surface area contributed by atoms with Crippen molar-refractivity contribution in [3.8, 4) is 5.75 Å². The van der Waals surface area contributed by atoms with Gasteiger partial charge in [-0.25, -0.2) is 0 Å². The monoisotopic (exact) mass is 348 g/mol. The molecular weight excluding hydrogens is 328 g/mol. The number of para-hydroxylation sites is 1. The van der Waals surface area contributed by atoms with Crippen LogP contribution in [0.2, 0.25) is 0 Å². The maximum Gasteiger partial charge on any atom is 0.326 e. The first-order valence-electron chi connectivity index (χ1n) is 8.85.